The fraction of sp³-hybridized carbons (Fsp3) is 0.455. The quantitative estimate of drug-likeness (QED) is 0.897. The van der Waals surface area contributed by atoms with E-state index in [0.717, 1.165) is 4.47 Å². The average molecular weight is 319 g/mol. The van der Waals surface area contributed by atoms with Crippen molar-refractivity contribution in [1.82, 2.24) is 9.62 Å². The van der Waals surface area contributed by atoms with E-state index in [1.54, 1.807) is 24.3 Å². The summed E-state index contributed by atoms with van der Waals surface area (Å²) in [7, 11) is -3.34. The zero-order chi connectivity index (χ0) is 12.5. The van der Waals surface area contributed by atoms with Crippen molar-refractivity contribution in [3.05, 3.63) is 28.7 Å². The maximum atomic E-state index is 12.3. The molecule has 0 bridgehead atoms. The minimum Gasteiger partial charge on any atom is -0.312 e. The van der Waals surface area contributed by atoms with Crippen LogP contribution in [0.5, 0.6) is 0 Å². The standard InChI is InChI=1S/C11H15BrN2O2S/c1-9-8-14(7-6-13-9)17(15,16)11-4-2-10(12)3-5-11/h2-5,9,13H,6-8H2,1H3/t9-/m0/s1. The zero-order valence-corrected chi connectivity index (χ0v) is 12.0. The van der Waals surface area contributed by atoms with E-state index < -0.39 is 10.0 Å². The van der Waals surface area contributed by atoms with Crippen molar-refractivity contribution in [2.75, 3.05) is 19.6 Å². The Morgan fingerprint density at radius 1 is 1.35 bits per heavy atom. The summed E-state index contributed by atoms with van der Waals surface area (Å²) in [5, 5.41) is 3.23. The minimum atomic E-state index is -3.34. The number of piperazine rings is 1. The first-order valence-electron chi connectivity index (χ1n) is 5.49. The number of rotatable bonds is 2. The fourth-order valence-corrected chi connectivity index (χ4v) is 3.66. The highest BCUT2D eigenvalue weighted by Crippen LogP contribution is 2.19. The number of halogens is 1. The fourth-order valence-electron chi connectivity index (χ4n) is 1.87. The van der Waals surface area contributed by atoms with Crippen molar-refractivity contribution in [3.63, 3.8) is 0 Å². The maximum absolute atomic E-state index is 12.3. The highest BCUT2D eigenvalue weighted by Gasteiger charge is 2.28. The normalized spacial score (nSPS) is 22.6. The van der Waals surface area contributed by atoms with Gasteiger partial charge >= 0.3 is 0 Å². The van der Waals surface area contributed by atoms with E-state index in [4.69, 9.17) is 0 Å². The van der Waals surface area contributed by atoms with Gasteiger partial charge in [0.05, 0.1) is 4.90 Å². The van der Waals surface area contributed by atoms with Crippen molar-refractivity contribution in [3.8, 4) is 0 Å². The van der Waals surface area contributed by atoms with Crippen LogP contribution in [0.25, 0.3) is 0 Å². The molecule has 1 aliphatic heterocycles. The Morgan fingerprint density at radius 3 is 2.59 bits per heavy atom. The Kier molecular flexibility index (Phi) is 3.87. The predicted octanol–water partition coefficient (Wildman–Crippen LogP) is 1.43. The lowest BCUT2D eigenvalue weighted by atomic mass is 10.3. The second kappa shape index (κ2) is 5.06. The molecular weight excluding hydrogens is 304 g/mol. The molecule has 1 saturated heterocycles. The highest BCUT2D eigenvalue weighted by atomic mass is 79.9. The molecule has 1 N–H and O–H groups in total. The summed E-state index contributed by atoms with van der Waals surface area (Å²) in [6, 6.07) is 6.96. The largest absolute Gasteiger partial charge is 0.312 e. The van der Waals surface area contributed by atoms with Crippen LogP contribution < -0.4 is 5.32 Å². The second-order valence-corrected chi connectivity index (χ2v) is 7.03. The van der Waals surface area contributed by atoms with Crippen molar-refractivity contribution < 1.29 is 8.42 Å². The van der Waals surface area contributed by atoms with Crippen LogP contribution in [-0.2, 0) is 10.0 Å². The van der Waals surface area contributed by atoms with E-state index >= 15 is 0 Å². The molecule has 1 fully saturated rings. The lowest BCUT2D eigenvalue weighted by Gasteiger charge is -2.30. The van der Waals surface area contributed by atoms with Gasteiger partial charge in [-0.25, -0.2) is 8.42 Å². The van der Waals surface area contributed by atoms with E-state index in [1.165, 1.54) is 4.31 Å². The van der Waals surface area contributed by atoms with Crippen molar-refractivity contribution in [2.24, 2.45) is 0 Å². The number of benzene rings is 1. The molecule has 2 rings (SSSR count). The summed E-state index contributed by atoms with van der Waals surface area (Å²) in [5.41, 5.74) is 0. The monoisotopic (exact) mass is 318 g/mol. The highest BCUT2D eigenvalue weighted by molar-refractivity contribution is 9.10. The third-order valence-electron chi connectivity index (χ3n) is 2.78. The molecule has 1 heterocycles. The molecular formula is C11H15BrN2O2S. The van der Waals surface area contributed by atoms with E-state index in [2.05, 4.69) is 21.2 Å². The topological polar surface area (TPSA) is 49.4 Å². The molecule has 6 heteroatoms. The molecule has 0 aromatic heterocycles. The summed E-state index contributed by atoms with van der Waals surface area (Å²) in [4.78, 5) is 0.356. The summed E-state index contributed by atoms with van der Waals surface area (Å²) in [6.07, 6.45) is 0. The maximum Gasteiger partial charge on any atom is 0.243 e. The van der Waals surface area contributed by atoms with Gasteiger partial charge in [0.1, 0.15) is 0 Å². The van der Waals surface area contributed by atoms with Crippen LogP contribution >= 0.6 is 15.9 Å². The summed E-state index contributed by atoms with van der Waals surface area (Å²) >= 11 is 3.30. The lowest BCUT2D eigenvalue weighted by Crippen LogP contribution is -2.51. The van der Waals surface area contributed by atoms with Gasteiger partial charge in [-0.05, 0) is 31.2 Å². The van der Waals surface area contributed by atoms with Gasteiger partial charge in [-0.15, -0.1) is 0 Å². The molecule has 1 atom stereocenters. The van der Waals surface area contributed by atoms with Crippen molar-refractivity contribution in [1.29, 1.82) is 0 Å². The lowest BCUT2D eigenvalue weighted by molar-refractivity contribution is 0.310. The molecule has 1 aliphatic rings. The molecule has 94 valence electrons. The first-order chi connectivity index (χ1) is 8.00. The van der Waals surface area contributed by atoms with E-state index in [9.17, 15) is 8.42 Å². The molecule has 4 nitrogen and oxygen atoms in total. The Morgan fingerprint density at radius 2 is 2.00 bits per heavy atom. The summed E-state index contributed by atoms with van der Waals surface area (Å²) in [5.74, 6) is 0. The van der Waals surface area contributed by atoms with Crippen LogP contribution in [0.2, 0.25) is 0 Å². The SMILES string of the molecule is C[C@H]1CN(S(=O)(=O)c2ccc(Br)cc2)CCN1. The molecule has 17 heavy (non-hydrogen) atoms. The molecule has 0 aliphatic carbocycles. The van der Waals surface area contributed by atoms with Crippen molar-refractivity contribution >= 4 is 26.0 Å². The molecule has 0 spiro atoms. The predicted molar refractivity (Wildman–Crippen MR) is 70.4 cm³/mol. The third-order valence-corrected chi connectivity index (χ3v) is 5.19. The van der Waals surface area contributed by atoms with Crippen LogP contribution in [0.15, 0.2) is 33.6 Å². The van der Waals surface area contributed by atoms with Crippen LogP contribution in [-0.4, -0.2) is 38.4 Å². The number of nitrogens with zero attached hydrogens (tertiary/aromatic N) is 1. The van der Waals surface area contributed by atoms with Gasteiger partial charge in [-0.2, -0.15) is 4.31 Å². The zero-order valence-electron chi connectivity index (χ0n) is 9.56. The average Bonchev–Trinajstić information content (AvgIpc) is 2.29. The Balaban J connectivity index is 2.26. The van der Waals surface area contributed by atoms with Gasteiger partial charge in [-0.3, -0.25) is 0 Å². The van der Waals surface area contributed by atoms with Crippen LogP contribution in [0.1, 0.15) is 6.92 Å². The number of nitrogens with one attached hydrogen (secondary N) is 1. The van der Waals surface area contributed by atoms with Gasteiger partial charge < -0.3 is 5.32 Å². The Bertz CT molecular complexity index is 487. The molecule has 0 saturated carbocycles. The van der Waals surface area contributed by atoms with Gasteiger partial charge in [-0.1, -0.05) is 15.9 Å². The van der Waals surface area contributed by atoms with Gasteiger partial charge in [0.2, 0.25) is 10.0 Å². The molecule has 0 radical (unpaired) electrons. The summed E-state index contributed by atoms with van der Waals surface area (Å²) < 4.78 is 27.1. The first kappa shape index (κ1) is 13.0. The molecule has 1 aromatic carbocycles. The Labute approximate surface area is 110 Å². The summed E-state index contributed by atoms with van der Waals surface area (Å²) in [6.45, 7) is 3.75. The van der Waals surface area contributed by atoms with Crippen molar-refractivity contribution in [2.45, 2.75) is 17.9 Å². The molecule has 1 aromatic rings. The number of sulfonamides is 1. The second-order valence-electron chi connectivity index (χ2n) is 4.17. The van der Waals surface area contributed by atoms with Gasteiger partial charge in [0.15, 0.2) is 0 Å². The van der Waals surface area contributed by atoms with Crippen LogP contribution in [0, 0.1) is 0 Å². The smallest absolute Gasteiger partial charge is 0.243 e. The van der Waals surface area contributed by atoms with E-state index in [1.807, 2.05) is 6.92 Å². The van der Waals surface area contributed by atoms with Crippen LogP contribution in [0.3, 0.4) is 0 Å². The number of hydrogen-bond donors (Lipinski definition) is 1. The van der Waals surface area contributed by atoms with Gasteiger partial charge in [0.25, 0.3) is 0 Å². The minimum absolute atomic E-state index is 0.203. The van der Waals surface area contributed by atoms with E-state index in [0.29, 0.717) is 24.5 Å². The third kappa shape index (κ3) is 2.88. The molecule has 0 unspecified atom stereocenters. The van der Waals surface area contributed by atoms with E-state index in [-0.39, 0.29) is 6.04 Å². The van der Waals surface area contributed by atoms with Gasteiger partial charge in [0, 0.05) is 30.1 Å². The number of hydrogen-bond acceptors (Lipinski definition) is 3. The molecule has 0 amide bonds. The first-order valence-corrected chi connectivity index (χ1v) is 7.72. The Hall–Kier alpha value is -0.430. The van der Waals surface area contributed by atoms with Crippen LogP contribution in [0.4, 0.5) is 0 Å².